The molecule has 1 atom stereocenters. The van der Waals surface area contributed by atoms with Crippen molar-refractivity contribution in [1.82, 2.24) is 5.32 Å². The molecule has 0 spiro atoms. The van der Waals surface area contributed by atoms with E-state index in [9.17, 15) is 14.3 Å². The van der Waals surface area contributed by atoms with Crippen LogP contribution in [0.25, 0.3) is 0 Å². The van der Waals surface area contributed by atoms with Crippen molar-refractivity contribution in [3.05, 3.63) is 65.5 Å². The summed E-state index contributed by atoms with van der Waals surface area (Å²) in [5, 5.41) is 13.0. The molecule has 1 amide bonds. The molecule has 0 saturated heterocycles. The summed E-state index contributed by atoms with van der Waals surface area (Å²) in [5.74, 6) is -1.35. The fourth-order valence-electron chi connectivity index (χ4n) is 2.00. The van der Waals surface area contributed by atoms with Crippen molar-refractivity contribution in [3.8, 4) is 5.75 Å². The average molecular weight is 352 g/mol. The molecule has 110 valence electrons. The lowest BCUT2D eigenvalue weighted by Crippen LogP contribution is -2.45. The number of hydrogen-bond donors (Lipinski definition) is 2. The van der Waals surface area contributed by atoms with Gasteiger partial charge in [0.1, 0.15) is 11.6 Å². The Kier molecular flexibility index (Phi) is 4.63. The number of phenols is 1. The SMILES string of the molecule is CC(CBr)(NC(=O)c1cc(F)ccc1O)c1ccccc1. The lowest BCUT2D eigenvalue weighted by Gasteiger charge is -2.29. The van der Waals surface area contributed by atoms with Gasteiger partial charge in [0.2, 0.25) is 0 Å². The highest BCUT2D eigenvalue weighted by atomic mass is 79.9. The van der Waals surface area contributed by atoms with Crippen molar-refractivity contribution in [3.63, 3.8) is 0 Å². The first-order chi connectivity index (χ1) is 9.96. The van der Waals surface area contributed by atoms with Gasteiger partial charge in [-0.2, -0.15) is 0 Å². The van der Waals surface area contributed by atoms with Crippen LogP contribution in [0, 0.1) is 5.82 Å². The molecule has 1 unspecified atom stereocenters. The Morgan fingerprint density at radius 3 is 2.57 bits per heavy atom. The number of nitrogens with one attached hydrogen (secondary N) is 1. The van der Waals surface area contributed by atoms with Gasteiger partial charge < -0.3 is 10.4 Å². The van der Waals surface area contributed by atoms with Crippen LogP contribution in [0.15, 0.2) is 48.5 Å². The Morgan fingerprint density at radius 1 is 1.29 bits per heavy atom. The summed E-state index contributed by atoms with van der Waals surface area (Å²) in [6.07, 6.45) is 0. The molecule has 0 aliphatic rings. The van der Waals surface area contributed by atoms with Gasteiger partial charge in [0.05, 0.1) is 11.1 Å². The largest absolute Gasteiger partial charge is 0.507 e. The second-order valence-electron chi connectivity index (χ2n) is 4.95. The van der Waals surface area contributed by atoms with Crippen LogP contribution in [0.4, 0.5) is 4.39 Å². The van der Waals surface area contributed by atoms with Crippen molar-refractivity contribution in [1.29, 1.82) is 0 Å². The molecule has 0 fully saturated rings. The van der Waals surface area contributed by atoms with Crippen molar-refractivity contribution in [2.45, 2.75) is 12.5 Å². The van der Waals surface area contributed by atoms with Gasteiger partial charge in [-0.1, -0.05) is 46.3 Å². The third kappa shape index (κ3) is 3.42. The third-order valence-electron chi connectivity index (χ3n) is 3.27. The summed E-state index contributed by atoms with van der Waals surface area (Å²) in [4.78, 5) is 12.3. The maximum Gasteiger partial charge on any atom is 0.255 e. The van der Waals surface area contributed by atoms with Crippen LogP contribution in [0.3, 0.4) is 0 Å². The van der Waals surface area contributed by atoms with Gasteiger partial charge in [0.25, 0.3) is 5.91 Å². The summed E-state index contributed by atoms with van der Waals surface area (Å²) in [6, 6.07) is 12.7. The number of rotatable bonds is 4. The molecule has 21 heavy (non-hydrogen) atoms. The minimum absolute atomic E-state index is 0.0851. The topological polar surface area (TPSA) is 49.3 Å². The molecule has 2 N–H and O–H groups in total. The molecule has 0 radical (unpaired) electrons. The maximum atomic E-state index is 13.2. The molecule has 0 aromatic heterocycles. The van der Waals surface area contributed by atoms with Crippen LogP contribution >= 0.6 is 15.9 Å². The number of phenolic OH excluding ortho intramolecular Hbond substituents is 1. The fraction of sp³-hybridized carbons (Fsp3) is 0.188. The van der Waals surface area contributed by atoms with Gasteiger partial charge in [0.15, 0.2) is 0 Å². The summed E-state index contributed by atoms with van der Waals surface area (Å²) in [6.45, 7) is 1.85. The van der Waals surface area contributed by atoms with Crippen molar-refractivity contribution in [2.24, 2.45) is 0 Å². The molecule has 3 nitrogen and oxygen atoms in total. The molecule has 0 aliphatic carbocycles. The van der Waals surface area contributed by atoms with Crippen LogP contribution in [-0.2, 0) is 5.54 Å². The predicted molar refractivity (Wildman–Crippen MR) is 83.1 cm³/mol. The minimum atomic E-state index is -0.670. The zero-order valence-electron chi connectivity index (χ0n) is 11.4. The van der Waals surface area contributed by atoms with E-state index >= 15 is 0 Å². The van der Waals surface area contributed by atoms with E-state index in [1.807, 2.05) is 37.3 Å². The maximum absolute atomic E-state index is 13.2. The van der Waals surface area contributed by atoms with E-state index in [4.69, 9.17) is 0 Å². The summed E-state index contributed by atoms with van der Waals surface area (Å²) in [7, 11) is 0. The van der Waals surface area contributed by atoms with E-state index in [0.29, 0.717) is 5.33 Å². The summed E-state index contributed by atoms with van der Waals surface area (Å²) >= 11 is 3.39. The van der Waals surface area contributed by atoms with Gasteiger partial charge in [-0.25, -0.2) is 4.39 Å². The van der Waals surface area contributed by atoms with Crippen LogP contribution < -0.4 is 5.32 Å². The van der Waals surface area contributed by atoms with E-state index < -0.39 is 17.3 Å². The molecule has 2 aromatic carbocycles. The average Bonchev–Trinajstić information content (AvgIpc) is 2.50. The van der Waals surface area contributed by atoms with Crippen LogP contribution in [0.1, 0.15) is 22.8 Å². The number of amides is 1. The normalized spacial score (nSPS) is 13.5. The lowest BCUT2D eigenvalue weighted by atomic mass is 9.94. The highest BCUT2D eigenvalue weighted by molar-refractivity contribution is 9.09. The fourth-order valence-corrected chi connectivity index (χ4v) is 2.46. The number of carbonyl (C=O) groups excluding carboxylic acids is 1. The van der Waals surface area contributed by atoms with E-state index in [-0.39, 0.29) is 11.3 Å². The highest BCUT2D eigenvalue weighted by Crippen LogP contribution is 2.25. The number of benzene rings is 2. The lowest BCUT2D eigenvalue weighted by molar-refractivity contribution is 0.0911. The van der Waals surface area contributed by atoms with E-state index in [2.05, 4.69) is 21.2 Å². The molecule has 2 rings (SSSR count). The molecule has 2 aromatic rings. The van der Waals surface area contributed by atoms with Gasteiger partial charge in [-0.15, -0.1) is 0 Å². The number of alkyl halides is 1. The summed E-state index contributed by atoms with van der Waals surface area (Å²) in [5.41, 5.74) is 0.154. The van der Waals surface area contributed by atoms with Crippen molar-refractivity contribution in [2.75, 3.05) is 5.33 Å². The van der Waals surface area contributed by atoms with Crippen molar-refractivity contribution >= 4 is 21.8 Å². The number of hydrogen-bond acceptors (Lipinski definition) is 2. The third-order valence-corrected chi connectivity index (χ3v) is 4.39. The monoisotopic (exact) mass is 351 g/mol. The molecule has 0 bridgehead atoms. The van der Waals surface area contributed by atoms with Crippen LogP contribution in [-0.4, -0.2) is 16.3 Å². The zero-order chi connectivity index (χ0) is 15.5. The van der Waals surface area contributed by atoms with Gasteiger partial charge in [-0.05, 0) is 30.7 Å². The molecular formula is C16H15BrFNO2. The van der Waals surface area contributed by atoms with E-state index in [1.165, 1.54) is 0 Å². The highest BCUT2D eigenvalue weighted by Gasteiger charge is 2.28. The first-order valence-corrected chi connectivity index (χ1v) is 7.51. The Balaban J connectivity index is 2.30. The van der Waals surface area contributed by atoms with E-state index in [0.717, 1.165) is 23.8 Å². The Labute approximate surface area is 130 Å². The second-order valence-corrected chi connectivity index (χ2v) is 5.51. The Bertz CT molecular complexity index is 648. The Morgan fingerprint density at radius 2 is 1.95 bits per heavy atom. The molecule has 0 heterocycles. The van der Waals surface area contributed by atoms with E-state index in [1.54, 1.807) is 0 Å². The standard InChI is InChI=1S/C16H15BrFNO2/c1-16(10-17,11-5-3-2-4-6-11)19-15(21)13-9-12(18)7-8-14(13)20/h2-9,20H,10H2,1H3,(H,19,21). The second kappa shape index (κ2) is 6.26. The van der Waals surface area contributed by atoms with Gasteiger partial charge in [-0.3, -0.25) is 4.79 Å². The number of aromatic hydroxyl groups is 1. The molecule has 0 aliphatic heterocycles. The van der Waals surface area contributed by atoms with Crippen LogP contribution in [0.2, 0.25) is 0 Å². The zero-order valence-corrected chi connectivity index (χ0v) is 13.0. The van der Waals surface area contributed by atoms with Gasteiger partial charge in [0, 0.05) is 5.33 Å². The van der Waals surface area contributed by atoms with Crippen LogP contribution in [0.5, 0.6) is 5.75 Å². The van der Waals surface area contributed by atoms with Crippen molar-refractivity contribution < 1.29 is 14.3 Å². The number of carbonyl (C=O) groups is 1. The Hall–Kier alpha value is -1.88. The quantitative estimate of drug-likeness (QED) is 0.827. The predicted octanol–water partition coefficient (Wildman–Crippen LogP) is 3.57. The minimum Gasteiger partial charge on any atom is -0.507 e. The molecule has 0 saturated carbocycles. The summed E-state index contributed by atoms with van der Waals surface area (Å²) < 4.78 is 13.2. The number of halogens is 2. The molecule has 5 heteroatoms. The first-order valence-electron chi connectivity index (χ1n) is 6.39. The molecular weight excluding hydrogens is 337 g/mol. The smallest absolute Gasteiger partial charge is 0.255 e. The first kappa shape index (κ1) is 15.5. The van der Waals surface area contributed by atoms with Gasteiger partial charge >= 0.3 is 0 Å².